The quantitative estimate of drug-likeness (QED) is 0.224. The van der Waals surface area contributed by atoms with Gasteiger partial charge in [-0.1, -0.05) is 36.5 Å². The first-order valence-electron chi connectivity index (χ1n) is 13.6. The highest BCUT2D eigenvalue weighted by Crippen LogP contribution is 2.29. The van der Waals surface area contributed by atoms with Crippen molar-refractivity contribution >= 4 is 22.4 Å². The molecular weight excluding hydrogens is 534 g/mol. The number of aryl methyl sites for hydroxylation is 1. The molecule has 0 bridgehead atoms. The number of fused-ring (bicyclic) bond motifs is 1. The molecule has 3 aromatic heterocycles. The maximum Gasteiger partial charge on any atom is 0.291 e. The van der Waals surface area contributed by atoms with E-state index < -0.39 is 0 Å². The zero-order chi connectivity index (χ0) is 28.3. The van der Waals surface area contributed by atoms with Gasteiger partial charge in [-0.3, -0.25) is 4.79 Å². The molecule has 0 saturated heterocycles. The third-order valence-electron chi connectivity index (χ3n) is 6.57. The van der Waals surface area contributed by atoms with Crippen LogP contribution in [0.1, 0.15) is 31.4 Å². The summed E-state index contributed by atoms with van der Waals surface area (Å²) in [5, 5.41) is 9.43. The first kappa shape index (κ1) is 26.5. The minimum Gasteiger partial charge on any atom is -0.494 e. The van der Waals surface area contributed by atoms with E-state index in [1.807, 2.05) is 97.5 Å². The fourth-order valence-electron chi connectivity index (χ4n) is 4.57. The van der Waals surface area contributed by atoms with Crippen molar-refractivity contribution < 1.29 is 9.47 Å². The van der Waals surface area contributed by atoms with Crippen LogP contribution in [0.3, 0.4) is 0 Å². The van der Waals surface area contributed by atoms with Gasteiger partial charge < -0.3 is 9.47 Å². The zero-order valence-electron chi connectivity index (χ0n) is 23.1. The molecule has 8 nitrogen and oxygen atoms in total. The van der Waals surface area contributed by atoms with Gasteiger partial charge in [0.25, 0.3) is 5.56 Å². The molecule has 0 aliphatic heterocycles. The third-order valence-corrected chi connectivity index (χ3v) is 7.52. The molecule has 0 atom stereocenters. The lowest BCUT2D eigenvalue weighted by Crippen LogP contribution is -2.23. The van der Waals surface area contributed by atoms with Gasteiger partial charge in [0.1, 0.15) is 17.2 Å². The molecule has 0 unspecified atom stereocenters. The van der Waals surface area contributed by atoms with Crippen molar-refractivity contribution in [2.45, 2.75) is 27.2 Å². The van der Waals surface area contributed by atoms with Crippen molar-refractivity contribution in [1.82, 2.24) is 24.4 Å². The second-order valence-corrected chi connectivity index (χ2v) is 10.6. The molecule has 6 aromatic rings. The molecule has 0 amide bonds. The molecule has 206 valence electrons. The average molecular weight is 564 g/mol. The Morgan fingerprint density at radius 1 is 0.927 bits per heavy atom. The van der Waals surface area contributed by atoms with E-state index in [0.717, 1.165) is 51.6 Å². The third kappa shape index (κ3) is 5.36. The Hall–Kier alpha value is -4.76. The number of hydrogen-bond donors (Lipinski definition) is 0. The topological polar surface area (TPSA) is 83.5 Å². The molecule has 0 fully saturated rings. The monoisotopic (exact) mass is 563 g/mol. The standard InChI is InChI=1S/C32H29N5O3S/c1-4-17-40-27-16-13-23(18-21(27)3)29-24(20-36(34-29)25-9-7-6-8-10-25)19-28-31(38)37-32(41-28)33-30(35-37)22-11-14-26(15-12-22)39-5-2/h6-16,18-20H,4-5,17H2,1-3H3. The minimum atomic E-state index is -0.215. The van der Waals surface area contributed by atoms with Crippen molar-refractivity contribution in [2.75, 3.05) is 13.2 Å². The van der Waals surface area contributed by atoms with E-state index in [2.05, 4.69) is 23.1 Å². The molecule has 0 radical (unpaired) electrons. The van der Waals surface area contributed by atoms with Crippen LogP contribution in [0.5, 0.6) is 11.5 Å². The van der Waals surface area contributed by atoms with Gasteiger partial charge in [0.2, 0.25) is 4.96 Å². The van der Waals surface area contributed by atoms with Gasteiger partial charge in [-0.25, -0.2) is 4.68 Å². The fraction of sp³-hybridized carbons (Fsp3) is 0.188. The van der Waals surface area contributed by atoms with Gasteiger partial charge in [0, 0.05) is 22.9 Å². The summed E-state index contributed by atoms with van der Waals surface area (Å²) in [4.78, 5) is 18.6. The Labute approximate surface area is 241 Å². The van der Waals surface area contributed by atoms with Crippen molar-refractivity contribution in [3.63, 3.8) is 0 Å². The van der Waals surface area contributed by atoms with E-state index in [-0.39, 0.29) is 5.56 Å². The Kier molecular flexibility index (Phi) is 7.35. The molecule has 0 aliphatic rings. The smallest absolute Gasteiger partial charge is 0.291 e. The van der Waals surface area contributed by atoms with E-state index in [0.29, 0.717) is 28.5 Å². The maximum atomic E-state index is 13.4. The van der Waals surface area contributed by atoms with Gasteiger partial charge >= 0.3 is 0 Å². The summed E-state index contributed by atoms with van der Waals surface area (Å²) in [7, 11) is 0. The van der Waals surface area contributed by atoms with Gasteiger partial charge in [-0.05, 0) is 86.5 Å². The number of thiazole rings is 1. The Balaban J connectivity index is 1.41. The summed E-state index contributed by atoms with van der Waals surface area (Å²) in [6, 6.07) is 23.5. The van der Waals surface area contributed by atoms with Crippen LogP contribution in [0.4, 0.5) is 0 Å². The highest BCUT2D eigenvalue weighted by atomic mass is 32.1. The second kappa shape index (κ2) is 11.4. The van der Waals surface area contributed by atoms with Crippen LogP contribution < -0.4 is 19.6 Å². The van der Waals surface area contributed by atoms with E-state index >= 15 is 0 Å². The summed E-state index contributed by atoms with van der Waals surface area (Å²) in [6.45, 7) is 7.33. The van der Waals surface area contributed by atoms with Gasteiger partial charge in [-0.15, -0.1) is 5.10 Å². The van der Waals surface area contributed by atoms with Crippen LogP contribution in [-0.2, 0) is 0 Å². The minimum absolute atomic E-state index is 0.215. The molecule has 9 heteroatoms. The van der Waals surface area contributed by atoms with Gasteiger partial charge in [0.05, 0.1) is 23.4 Å². The highest BCUT2D eigenvalue weighted by Gasteiger charge is 2.16. The number of hydrogen-bond acceptors (Lipinski definition) is 7. The molecule has 41 heavy (non-hydrogen) atoms. The summed E-state index contributed by atoms with van der Waals surface area (Å²) in [6.07, 6.45) is 4.76. The molecule has 6 rings (SSSR count). The van der Waals surface area contributed by atoms with E-state index in [1.165, 1.54) is 15.9 Å². The largest absolute Gasteiger partial charge is 0.494 e. The number of aromatic nitrogens is 5. The Morgan fingerprint density at radius 3 is 2.41 bits per heavy atom. The molecule has 0 N–H and O–H groups in total. The Bertz CT molecular complexity index is 1920. The maximum absolute atomic E-state index is 13.4. The first-order chi connectivity index (χ1) is 20.0. The fourth-order valence-corrected chi connectivity index (χ4v) is 5.46. The van der Waals surface area contributed by atoms with Crippen LogP contribution >= 0.6 is 11.3 Å². The molecular formula is C32H29N5O3S. The molecule has 0 spiro atoms. The molecule has 3 aromatic carbocycles. The van der Waals surface area contributed by atoms with Gasteiger partial charge in [0.15, 0.2) is 5.82 Å². The normalized spacial score (nSPS) is 11.8. The number of benzene rings is 3. The lowest BCUT2D eigenvalue weighted by atomic mass is 10.0. The lowest BCUT2D eigenvalue weighted by molar-refractivity contribution is 0.315. The summed E-state index contributed by atoms with van der Waals surface area (Å²) in [5.74, 6) is 2.14. The highest BCUT2D eigenvalue weighted by molar-refractivity contribution is 7.15. The zero-order valence-corrected chi connectivity index (χ0v) is 23.9. The molecule has 0 saturated carbocycles. The predicted octanol–water partition coefficient (Wildman–Crippen LogP) is 5.71. The van der Waals surface area contributed by atoms with Crippen molar-refractivity contribution in [3.05, 3.63) is 105 Å². The van der Waals surface area contributed by atoms with Crippen LogP contribution in [0.2, 0.25) is 0 Å². The summed E-state index contributed by atoms with van der Waals surface area (Å²) >= 11 is 1.31. The van der Waals surface area contributed by atoms with Crippen LogP contribution in [0.15, 0.2) is 83.8 Å². The number of para-hydroxylation sites is 1. The van der Waals surface area contributed by atoms with E-state index in [1.54, 1.807) is 0 Å². The molecule has 0 aliphatic carbocycles. The van der Waals surface area contributed by atoms with Crippen LogP contribution in [0.25, 0.3) is 39.4 Å². The predicted molar refractivity (Wildman–Crippen MR) is 162 cm³/mol. The SMILES string of the molecule is CCCOc1ccc(-c2nn(-c3ccccc3)cc2C=c2sc3nc(-c4ccc(OCC)cc4)nn3c2=O)cc1C. The Morgan fingerprint density at radius 2 is 1.71 bits per heavy atom. The number of nitrogens with zero attached hydrogens (tertiary/aromatic N) is 5. The number of rotatable bonds is 9. The second-order valence-electron chi connectivity index (χ2n) is 9.54. The van der Waals surface area contributed by atoms with Gasteiger partial charge in [-0.2, -0.15) is 14.6 Å². The van der Waals surface area contributed by atoms with Crippen molar-refractivity contribution in [1.29, 1.82) is 0 Å². The summed E-state index contributed by atoms with van der Waals surface area (Å²) < 4.78 is 15.1. The van der Waals surface area contributed by atoms with Crippen molar-refractivity contribution in [2.24, 2.45) is 0 Å². The lowest BCUT2D eigenvalue weighted by Gasteiger charge is -2.09. The summed E-state index contributed by atoms with van der Waals surface area (Å²) in [5.41, 5.74) is 5.10. The van der Waals surface area contributed by atoms with Crippen LogP contribution in [-0.4, -0.2) is 37.6 Å². The first-order valence-corrected chi connectivity index (χ1v) is 14.4. The molecule has 3 heterocycles. The van der Waals surface area contributed by atoms with E-state index in [4.69, 9.17) is 14.6 Å². The number of ether oxygens (including phenoxy) is 2. The van der Waals surface area contributed by atoms with E-state index in [9.17, 15) is 4.79 Å². The van der Waals surface area contributed by atoms with Crippen LogP contribution in [0, 0.1) is 6.92 Å². The van der Waals surface area contributed by atoms with Crippen molar-refractivity contribution in [3.8, 4) is 39.8 Å². The average Bonchev–Trinajstić information content (AvgIpc) is 3.68.